The summed E-state index contributed by atoms with van der Waals surface area (Å²) in [7, 11) is 2.07. The molecule has 0 bridgehead atoms. The molecule has 1 aromatic heterocycles. The van der Waals surface area contributed by atoms with Crippen molar-refractivity contribution in [1.29, 1.82) is 0 Å². The minimum Gasteiger partial charge on any atom is -0.493 e. The van der Waals surface area contributed by atoms with Gasteiger partial charge in [0.05, 0.1) is 18.6 Å². The first-order valence-electron chi connectivity index (χ1n) is 8.03. The van der Waals surface area contributed by atoms with Gasteiger partial charge in [0.25, 0.3) is 0 Å². The van der Waals surface area contributed by atoms with Crippen molar-refractivity contribution in [2.45, 2.75) is 19.4 Å². The second-order valence-electron chi connectivity index (χ2n) is 5.99. The van der Waals surface area contributed by atoms with Crippen LogP contribution >= 0.6 is 0 Å². The van der Waals surface area contributed by atoms with Crippen molar-refractivity contribution in [3.05, 3.63) is 35.9 Å². The topological polar surface area (TPSA) is 48.8 Å². The summed E-state index contributed by atoms with van der Waals surface area (Å²) >= 11 is 0. The first-order valence-corrected chi connectivity index (χ1v) is 8.03. The lowest BCUT2D eigenvalue weighted by atomic mass is 10.1. The molecular weight excluding hydrogens is 294 g/mol. The standard InChI is InChI=1S/C17H21N3O3/c1-19-11-18-14-10-20(7-5-15(14)19)6-2-8-21-13-3-4-16-17(9-13)23-12-22-16/h3-4,9,11H,2,5-8,10,12H2,1H3. The molecule has 0 spiro atoms. The first-order chi connectivity index (χ1) is 11.3. The number of aryl methyl sites for hydroxylation is 1. The molecule has 6 nitrogen and oxygen atoms in total. The lowest BCUT2D eigenvalue weighted by Gasteiger charge is -2.26. The van der Waals surface area contributed by atoms with Crippen LogP contribution in [0.1, 0.15) is 17.8 Å². The maximum absolute atomic E-state index is 5.81. The van der Waals surface area contributed by atoms with E-state index in [2.05, 4.69) is 21.5 Å². The fraction of sp³-hybridized carbons (Fsp3) is 0.471. The number of ether oxygens (including phenoxy) is 3. The van der Waals surface area contributed by atoms with Gasteiger partial charge in [0.15, 0.2) is 11.5 Å². The molecule has 0 atom stereocenters. The molecule has 0 aliphatic carbocycles. The summed E-state index contributed by atoms with van der Waals surface area (Å²) in [6.07, 6.45) is 3.99. The normalized spacial score (nSPS) is 16.4. The van der Waals surface area contributed by atoms with Crippen LogP contribution in [0.15, 0.2) is 24.5 Å². The third kappa shape index (κ3) is 2.99. The lowest BCUT2D eigenvalue weighted by Crippen LogP contribution is -2.32. The summed E-state index contributed by atoms with van der Waals surface area (Å²) in [6, 6.07) is 5.71. The summed E-state index contributed by atoms with van der Waals surface area (Å²) in [4.78, 5) is 6.92. The maximum atomic E-state index is 5.81. The second kappa shape index (κ2) is 6.12. The predicted octanol–water partition coefficient (Wildman–Crippen LogP) is 1.98. The molecule has 2 aliphatic rings. The van der Waals surface area contributed by atoms with Gasteiger partial charge in [-0.2, -0.15) is 0 Å². The minimum absolute atomic E-state index is 0.295. The van der Waals surface area contributed by atoms with Crippen molar-refractivity contribution in [3.8, 4) is 17.2 Å². The highest BCUT2D eigenvalue weighted by atomic mass is 16.7. The SMILES string of the molecule is Cn1cnc2c1CCN(CCCOc1ccc3c(c1)OCO3)C2. The van der Waals surface area contributed by atoms with Crippen molar-refractivity contribution in [2.75, 3.05) is 26.5 Å². The van der Waals surface area contributed by atoms with Gasteiger partial charge >= 0.3 is 0 Å². The van der Waals surface area contributed by atoms with Crippen LogP contribution in [0.4, 0.5) is 0 Å². The Morgan fingerprint density at radius 3 is 3.13 bits per heavy atom. The second-order valence-corrected chi connectivity index (χ2v) is 5.99. The molecule has 0 saturated carbocycles. The zero-order valence-corrected chi connectivity index (χ0v) is 13.3. The molecule has 0 radical (unpaired) electrons. The van der Waals surface area contributed by atoms with E-state index in [9.17, 15) is 0 Å². The van der Waals surface area contributed by atoms with Gasteiger partial charge < -0.3 is 18.8 Å². The van der Waals surface area contributed by atoms with Crippen LogP contribution in [-0.4, -0.2) is 40.9 Å². The summed E-state index contributed by atoms with van der Waals surface area (Å²) in [5.41, 5.74) is 2.59. The molecule has 2 aromatic rings. The largest absolute Gasteiger partial charge is 0.493 e. The molecule has 122 valence electrons. The number of aromatic nitrogens is 2. The Balaban J connectivity index is 1.23. The average Bonchev–Trinajstić information content (AvgIpc) is 3.18. The van der Waals surface area contributed by atoms with Crippen LogP contribution in [0.5, 0.6) is 17.2 Å². The van der Waals surface area contributed by atoms with Gasteiger partial charge in [0.2, 0.25) is 6.79 Å². The Morgan fingerprint density at radius 2 is 2.17 bits per heavy atom. The summed E-state index contributed by atoms with van der Waals surface area (Å²) in [5.74, 6) is 2.39. The Bertz CT molecular complexity index is 698. The highest BCUT2D eigenvalue weighted by Crippen LogP contribution is 2.35. The third-order valence-corrected chi connectivity index (χ3v) is 4.42. The molecule has 0 fully saturated rings. The molecule has 0 saturated heterocycles. The predicted molar refractivity (Wildman–Crippen MR) is 84.9 cm³/mol. The van der Waals surface area contributed by atoms with E-state index in [0.29, 0.717) is 13.4 Å². The van der Waals surface area contributed by atoms with E-state index in [1.54, 1.807) is 0 Å². The fourth-order valence-corrected chi connectivity index (χ4v) is 3.15. The molecule has 2 aliphatic heterocycles. The van der Waals surface area contributed by atoms with Crippen LogP contribution in [0.25, 0.3) is 0 Å². The van der Waals surface area contributed by atoms with E-state index in [1.165, 1.54) is 11.4 Å². The molecule has 1 aromatic carbocycles. The first kappa shape index (κ1) is 14.4. The van der Waals surface area contributed by atoms with Crippen LogP contribution in [0.3, 0.4) is 0 Å². The smallest absolute Gasteiger partial charge is 0.231 e. The van der Waals surface area contributed by atoms with Crippen molar-refractivity contribution in [2.24, 2.45) is 7.05 Å². The Labute approximate surface area is 135 Å². The van der Waals surface area contributed by atoms with E-state index >= 15 is 0 Å². The van der Waals surface area contributed by atoms with Gasteiger partial charge in [-0.1, -0.05) is 0 Å². The number of benzene rings is 1. The molecule has 6 heteroatoms. The number of fused-ring (bicyclic) bond motifs is 2. The van der Waals surface area contributed by atoms with Gasteiger partial charge in [-0.3, -0.25) is 4.90 Å². The van der Waals surface area contributed by atoms with Crippen LogP contribution in [0, 0.1) is 0 Å². The molecule has 3 heterocycles. The molecule has 23 heavy (non-hydrogen) atoms. The van der Waals surface area contributed by atoms with Gasteiger partial charge in [-0.15, -0.1) is 0 Å². The van der Waals surface area contributed by atoms with Gasteiger partial charge in [-0.25, -0.2) is 4.98 Å². The van der Waals surface area contributed by atoms with Crippen LogP contribution in [-0.2, 0) is 20.0 Å². The number of nitrogens with zero attached hydrogens (tertiary/aromatic N) is 3. The zero-order chi connectivity index (χ0) is 15.6. The van der Waals surface area contributed by atoms with Crippen molar-refractivity contribution in [1.82, 2.24) is 14.5 Å². The number of rotatable bonds is 5. The fourth-order valence-electron chi connectivity index (χ4n) is 3.15. The maximum Gasteiger partial charge on any atom is 0.231 e. The van der Waals surface area contributed by atoms with Crippen molar-refractivity contribution in [3.63, 3.8) is 0 Å². The number of hydrogen-bond donors (Lipinski definition) is 0. The highest BCUT2D eigenvalue weighted by molar-refractivity contribution is 5.46. The summed E-state index contributed by atoms with van der Waals surface area (Å²) < 4.78 is 18.6. The van der Waals surface area contributed by atoms with Crippen molar-refractivity contribution >= 4 is 0 Å². The molecule has 4 rings (SSSR count). The minimum atomic E-state index is 0.295. The molecule has 0 amide bonds. The lowest BCUT2D eigenvalue weighted by molar-refractivity contribution is 0.173. The van der Waals surface area contributed by atoms with Gasteiger partial charge in [-0.05, 0) is 18.6 Å². The van der Waals surface area contributed by atoms with E-state index < -0.39 is 0 Å². The van der Waals surface area contributed by atoms with Crippen LogP contribution in [0.2, 0.25) is 0 Å². The van der Waals surface area contributed by atoms with Crippen LogP contribution < -0.4 is 14.2 Å². The Hall–Kier alpha value is -2.21. The summed E-state index contributed by atoms with van der Waals surface area (Å²) in [5, 5.41) is 0. The molecule has 0 unspecified atom stereocenters. The van der Waals surface area contributed by atoms with Crippen molar-refractivity contribution < 1.29 is 14.2 Å². The average molecular weight is 315 g/mol. The summed E-state index contributed by atoms with van der Waals surface area (Å²) in [6.45, 7) is 4.06. The number of imidazole rings is 1. The van der Waals surface area contributed by atoms with E-state index in [4.69, 9.17) is 14.2 Å². The third-order valence-electron chi connectivity index (χ3n) is 4.42. The quantitative estimate of drug-likeness (QED) is 0.790. The Morgan fingerprint density at radius 1 is 1.26 bits per heavy atom. The van der Waals surface area contributed by atoms with E-state index in [0.717, 1.165) is 49.7 Å². The number of hydrogen-bond acceptors (Lipinski definition) is 5. The molecule has 0 N–H and O–H groups in total. The van der Waals surface area contributed by atoms with Gasteiger partial charge in [0, 0.05) is 44.9 Å². The Kier molecular flexibility index (Phi) is 3.83. The van der Waals surface area contributed by atoms with Gasteiger partial charge in [0.1, 0.15) is 5.75 Å². The monoisotopic (exact) mass is 315 g/mol. The zero-order valence-electron chi connectivity index (χ0n) is 13.3. The molecular formula is C17H21N3O3. The van der Waals surface area contributed by atoms with E-state index in [1.807, 2.05) is 24.5 Å². The highest BCUT2D eigenvalue weighted by Gasteiger charge is 2.19. The van der Waals surface area contributed by atoms with E-state index in [-0.39, 0.29) is 0 Å².